The molecule has 0 radical (unpaired) electrons. The van der Waals surface area contributed by atoms with Gasteiger partial charge in [-0.3, -0.25) is 9.36 Å². The predicted octanol–water partition coefficient (Wildman–Crippen LogP) is 6.03. The maximum Gasteiger partial charge on any atom is 0.233 e. The molecule has 1 aliphatic rings. The highest BCUT2D eigenvalue weighted by Crippen LogP contribution is 2.35. The first-order valence-electron chi connectivity index (χ1n) is 10.9. The number of hydrogen-bond acceptors (Lipinski definition) is 5. The Morgan fingerprint density at radius 1 is 1.06 bits per heavy atom. The molecule has 3 heterocycles. The Hall–Kier alpha value is -2.61. The Morgan fingerprint density at radius 3 is 2.64 bits per heavy atom. The van der Waals surface area contributed by atoms with E-state index in [4.69, 9.17) is 11.6 Å². The van der Waals surface area contributed by atoms with Gasteiger partial charge < -0.3 is 4.90 Å². The summed E-state index contributed by atoms with van der Waals surface area (Å²) in [7, 11) is 0. The predicted molar refractivity (Wildman–Crippen MR) is 134 cm³/mol. The first kappa shape index (κ1) is 22.2. The van der Waals surface area contributed by atoms with Crippen molar-refractivity contribution < 1.29 is 4.79 Å². The van der Waals surface area contributed by atoms with Gasteiger partial charge in [-0.2, -0.15) is 0 Å². The van der Waals surface area contributed by atoms with Crippen LogP contribution in [0.1, 0.15) is 35.1 Å². The van der Waals surface area contributed by atoms with Crippen LogP contribution in [0.3, 0.4) is 0 Å². The van der Waals surface area contributed by atoms with Crippen LogP contribution < -0.4 is 0 Å². The van der Waals surface area contributed by atoms with Gasteiger partial charge in [-0.1, -0.05) is 59.8 Å². The number of aromatic nitrogens is 3. The van der Waals surface area contributed by atoms with Crippen molar-refractivity contribution in [3.63, 3.8) is 0 Å². The van der Waals surface area contributed by atoms with Gasteiger partial charge in [-0.05, 0) is 54.1 Å². The van der Waals surface area contributed by atoms with Crippen molar-refractivity contribution in [3.05, 3.63) is 93.4 Å². The molecular formula is C25H23ClN4OS2. The highest BCUT2D eigenvalue weighted by atomic mass is 35.5. The van der Waals surface area contributed by atoms with E-state index in [1.165, 1.54) is 16.6 Å². The molecule has 168 valence electrons. The Bertz CT molecular complexity index is 1210. The lowest BCUT2D eigenvalue weighted by Gasteiger charge is -2.23. The Labute approximate surface area is 206 Å². The number of rotatable bonds is 7. The fourth-order valence-corrected chi connectivity index (χ4v) is 6.04. The largest absolute Gasteiger partial charge is 0.334 e. The molecule has 33 heavy (non-hydrogen) atoms. The molecule has 1 fully saturated rings. The highest BCUT2D eigenvalue weighted by Gasteiger charge is 2.30. The van der Waals surface area contributed by atoms with Crippen molar-refractivity contribution in [2.45, 2.75) is 30.5 Å². The van der Waals surface area contributed by atoms with Gasteiger partial charge in [0.1, 0.15) is 5.82 Å². The molecule has 0 N–H and O–H groups in total. The van der Waals surface area contributed by atoms with Gasteiger partial charge in [-0.25, -0.2) is 0 Å². The van der Waals surface area contributed by atoms with Crippen LogP contribution in [0.4, 0.5) is 0 Å². The minimum Gasteiger partial charge on any atom is -0.334 e. The molecule has 4 aromatic rings. The third kappa shape index (κ3) is 5.00. The van der Waals surface area contributed by atoms with Gasteiger partial charge in [0.15, 0.2) is 5.16 Å². The standard InChI is InChI=1S/C25H23ClN4OS2/c26-19-10-12-20(13-11-19)30-23(16-18-6-2-1-3-7-18)27-28-25(30)33-17-24(31)29-14-4-8-21(29)22-9-5-15-32-22/h1-3,5-7,9-13,15,21H,4,8,14,16-17H2. The summed E-state index contributed by atoms with van der Waals surface area (Å²) >= 11 is 9.28. The van der Waals surface area contributed by atoms with Crippen LogP contribution in [0.25, 0.3) is 5.69 Å². The van der Waals surface area contributed by atoms with Crippen molar-refractivity contribution >= 4 is 40.6 Å². The summed E-state index contributed by atoms with van der Waals surface area (Å²) < 4.78 is 2.03. The second kappa shape index (κ2) is 10.1. The minimum atomic E-state index is 0.145. The van der Waals surface area contributed by atoms with Crippen molar-refractivity contribution in [3.8, 4) is 5.69 Å². The van der Waals surface area contributed by atoms with Crippen LogP contribution in [0, 0.1) is 0 Å². The molecule has 5 rings (SSSR count). The van der Waals surface area contributed by atoms with Gasteiger partial charge in [-0.15, -0.1) is 21.5 Å². The van der Waals surface area contributed by atoms with Crippen LogP contribution in [0.2, 0.25) is 5.02 Å². The molecule has 0 bridgehead atoms. The summed E-state index contributed by atoms with van der Waals surface area (Å²) in [5, 5.41) is 12.4. The number of hydrogen-bond donors (Lipinski definition) is 0. The molecule has 1 aliphatic heterocycles. The van der Waals surface area contributed by atoms with Gasteiger partial charge in [0.05, 0.1) is 11.8 Å². The zero-order valence-corrected chi connectivity index (χ0v) is 20.3. The number of thioether (sulfide) groups is 1. The molecule has 5 nitrogen and oxygen atoms in total. The minimum absolute atomic E-state index is 0.145. The number of amides is 1. The van der Waals surface area contributed by atoms with E-state index in [9.17, 15) is 4.79 Å². The monoisotopic (exact) mass is 494 g/mol. The summed E-state index contributed by atoms with van der Waals surface area (Å²) in [5.74, 6) is 1.31. The van der Waals surface area contributed by atoms with E-state index in [2.05, 4.69) is 39.8 Å². The smallest absolute Gasteiger partial charge is 0.233 e. The van der Waals surface area contributed by atoms with Crippen molar-refractivity contribution in [1.29, 1.82) is 0 Å². The molecule has 1 saturated heterocycles. The zero-order chi connectivity index (χ0) is 22.6. The maximum absolute atomic E-state index is 13.1. The van der Waals surface area contributed by atoms with E-state index in [1.807, 2.05) is 51.9 Å². The highest BCUT2D eigenvalue weighted by molar-refractivity contribution is 7.99. The maximum atomic E-state index is 13.1. The van der Waals surface area contributed by atoms with E-state index in [0.29, 0.717) is 22.4 Å². The van der Waals surface area contributed by atoms with Crippen molar-refractivity contribution in [2.24, 2.45) is 0 Å². The average molecular weight is 495 g/mol. The molecule has 1 amide bonds. The van der Waals surface area contributed by atoms with E-state index in [0.717, 1.165) is 36.5 Å². The van der Waals surface area contributed by atoms with Gasteiger partial charge >= 0.3 is 0 Å². The average Bonchev–Trinajstić information content (AvgIpc) is 3.59. The lowest BCUT2D eigenvalue weighted by molar-refractivity contribution is -0.129. The number of thiophene rings is 1. The first-order chi connectivity index (χ1) is 16.2. The molecule has 2 aromatic carbocycles. The van der Waals surface area contributed by atoms with E-state index in [-0.39, 0.29) is 11.9 Å². The summed E-state index contributed by atoms with van der Waals surface area (Å²) in [6.07, 6.45) is 2.72. The number of nitrogens with zero attached hydrogens (tertiary/aromatic N) is 4. The van der Waals surface area contributed by atoms with Crippen LogP contribution in [-0.2, 0) is 11.2 Å². The van der Waals surface area contributed by atoms with Crippen molar-refractivity contribution in [2.75, 3.05) is 12.3 Å². The summed E-state index contributed by atoms with van der Waals surface area (Å²) in [5.41, 5.74) is 2.09. The Balaban J connectivity index is 1.37. The summed E-state index contributed by atoms with van der Waals surface area (Å²) in [6.45, 7) is 0.811. The number of halogens is 1. The molecule has 0 saturated carbocycles. The summed E-state index contributed by atoms with van der Waals surface area (Å²) in [6, 6.07) is 22.2. The third-order valence-electron chi connectivity index (χ3n) is 5.76. The second-order valence-electron chi connectivity index (χ2n) is 7.92. The number of benzene rings is 2. The molecule has 0 aliphatic carbocycles. The van der Waals surface area contributed by atoms with Crippen molar-refractivity contribution in [1.82, 2.24) is 19.7 Å². The van der Waals surface area contributed by atoms with Crippen LogP contribution in [0.15, 0.2) is 77.3 Å². The van der Waals surface area contributed by atoms with Gasteiger partial charge in [0.25, 0.3) is 0 Å². The quantitative estimate of drug-likeness (QED) is 0.294. The first-order valence-corrected chi connectivity index (χ1v) is 13.1. The fourth-order valence-electron chi connectivity index (χ4n) is 4.19. The molecule has 8 heteroatoms. The Morgan fingerprint density at radius 2 is 1.88 bits per heavy atom. The van der Waals surface area contributed by atoms with E-state index in [1.54, 1.807) is 11.3 Å². The van der Waals surface area contributed by atoms with Crippen LogP contribution in [-0.4, -0.2) is 37.9 Å². The molecular weight excluding hydrogens is 472 g/mol. The molecule has 0 spiro atoms. The molecule has 1 atom stereocenters. The van der Waals surface area contributed by atoms with E-state index < -0.39 is 0 Å². The van der Waals surface area contributed by atoms with E-state index >= 15 is 0 Å². The number of carbonyl (C=O) groups excluding carboxylic acids is 1. The fraction of sp³-hybridized carbons (Fsp3) is 0.240. The third-order valence-corrected chi connectivity index (χ3v) is 7.90. The zero-order valence-electron chi connectivity index (χ0n) is 17.9. The SMILES string of the molecule is O=C(CSc1nnc(Cc2ccccc2)n1-c1ccc(Cl)cc1)N1CCCC1c1cccs1. The lowest BCUT2D eigenvalue weighted by Crippen LogP contribution is -2.31. The number of likely N-dealkylation sites (tertiary alicyclic amines) is 1. The topological polar surface area (TPSA) is 51.0 Å². The Kier molecular flexibility index (Phi) is 6.80. The summed E-state index contributed by atoms with van der Waals surface area (Å²) in [4.78, 5) is 16.4. The van der Waals surface area contributed by atoms with Gasteiger partial charge in [0, 0.05) is 28.6 Å². The van der Waals surface area contributed by atoms with Crippen LogP contribution in [0.5, 0.6) is 0 Å². The number of carbonyl (C=O) groups is 1. The van der Waals surface area contributed by atoms with Gasteiger partial charge in [0.2, 0.25) is 5.91 Å². The molecule has 1 unspecified atom stereocenters. The second-order valence-corrected chi connectivity index (χ2v) is 10.3. The molecule has 2 aromatic heterocycles. The normalized spacial score (nSPS) is 15.8. The van der Waals surface area contributed by atoms with Crippen LogP contribution >= 0.6 is 34.7 Å². The lowest BCUT2D eigenvalue weighted by atomic mass is 10.1.